The molecule has 2 N–H and O–H groups in total. The van der Waals surface area contributed by atoms with Gasteiger partial charge in [0.2, 0.25) is 0 Å². The van der Waals surface area contributed by atoms with Gasteiger partial charge in [-0.3, -0.25) is 4.79 Å². The first kappa shape index (κ1) is 15.9. The fraction of sp³-hybridized carbons (Fsp3) is 0.188. The Labute approximate surface area is 133 Å². The molecule has 0 aliphatic heterocycles. The molecule has 0 saturated heterocycles. The molecule has 110 valence electrons. The predicted molar refractivity (Wildman–Crippen MR) is 87.0 cm³/mol. The van der Waals surface area contributed by atoms with Gasteiger partial charge in [0.1, 0.15) is 0 Å². The summed E-state index contributed by atoms with van der Waals surface area (Å²) in [6, 6.07) is 14.3. The number of carbonyl (C=O) groups excluding carboxylic acids is 1. The second kappa shape index (κ2) is 7.50. The minimum atomic E-state index is -0.725. The van der Waals surface area contributed by atoms with Gasteiger partial charge in [-0.05, 0) is 48.2 Å². The van der Waals surface area contributed by atoms with Crippen molar-refractivity contribution in [2.45, 2.75) is 11.0 Å². The summed E-state index contributed by atoms with van der Waals surface area (Å²) in [6.07, 6.45) is 1.27. The minimum Gasteiger partial charge on any atom is -0.387 e. The molecule has 5 heteroatoms. The molecule has 2 rings (SSSR count). The van der Waals surface area contributed by atoms with E-state index in [2.05, 4.69) is 5.32 Å². The van der Waals surface area contributed by atoms with Gasteiger partial charge in [-0.2, -0.15) is 0 Å². The Morgan fingerprint density at radius 3 is 2.38 bits per heavy atom. The number of amides is 1. The molecule has 0 fully saturated rings. The highest BCUT2D eigenvalue weighted by atomic mass is 35.5. The second-order valence-corrected chi connectivity index (χ2v) is 5.82. The van der Waals surface area contributed by atoms with E-state index in [1.54, 1.807) is 36.0 Å². The van der Waals surface area contributed by atoms with E-state index in [0.717, 1.165) is 10.5 Å². The van der Waals surface area contributed by atoms with E-state index in [1.807, 2.05) is 30.5 Å². The van der Waals surface area contributed by atoms with Crippen LogP contribution in [-0.2, 0) is 0 Å². The Bertz CT molecular complexity index is 599. The largest absolute Gasteiger partial charge is 0.387 e. The van der Waals surface area contributed by atoms with Gasteiger partial charge in [0.05, 0.1) is 6.10 Å². The van der Waals surface area contributed by atoms with Crippen molar-refractivity contribution in [3.63, 3.8) is 0 Å². The zero-order chi connectivity index (χ0) is 15.2. The summed E-state index contributed by atoms with van der Waals surface area (Å²) < 4.78 is 0. The Morgan fingerprint density at radius 2 is 1.81 bits per heavy atom. The molecular weight excluding hydrogens is 306 g/mol. The second-order valence-electron chi connectivity index (χ2n) is 4.51. The van der Waals surface area contributed by atoms with Crippen LogP contribution in [0.15, 0.2) is 53.4 Å². The molecule has 3 nitrogen and oxygen atoms in total. The molecule has 21 heavy (non-hydrogen) atoms. The van der Waals surface area contributed by atoms with Crippen LogP contribution in [0.2, 0.25) is 5.02 Å². The molecule has 1 atom stereocenters. The van der Waals surface area contributed by atoms with Crippen molar-refractivity contribution < 1.29 is 9.90 Å². The number of hydrogen-bond acceptors (Lipinski definition) is 3. The third-order valence-electron chi connectivity index (χ3n) is 3.06. The molecule has 0 aromatic heterocycles. The van der Waals surface area contributed by atoms with E-state index in [0.29, 0.717) is 10.6 Å². The Kier molecular flexibility index (Phi) is 5.67. The van der Waals surface area contributed by atoms with Crippen LogP contribution in [-0.4, -0.2) is 23.8 Å². The maximum atomic E-state index is 11.9. The summed E-state index contributed by atoms with van der Waals surface area (Å²) >= 11 is 7.42. The highest BCUT2D eigenvalue weighted by Crippen LogP contribution is 2.18. The molecule has 1 amide bonds. The summed E-state index contributed by atoms with van der Waals surface area (Å²) in [4.78, 5) is 13.1. The van der Waals surface area contributed by atoms with Crippen LogP contribution in [0.1, 0.15) is 22.0 Å². The lowest BCUT2D eigenvalue weighted by Crippen LogP contribution is -2.28. The van der Waals surface area contributed by atoms with Crippen molar-refractivity contribution in [3.8, 4) is 0 Å². The fourth-order valence-electron chi connectivity index (χ4n) is 1.84. The van der Waals surface area contributed by atoms with Crippen LogP contribution in [0.5, 0.6) is 0 Å². The fourth-order valence-corrected chi connectivity index (χ4v) is 2.37. The van der Waals surface area contributed by atoms with Gasteiger partial charge in [-0.1, -0.05) is 23.7 Å². The van der Waals surface area contributed by atoms with E-state index in [1.165, 1.54) is 0 Å². The highest BCUT2D eigenvalue weighted by molar-refractivity contribution is 7.98. The van der Waals surface area contributed by atoms with Crippen LogP contribution in [0.4, 0.5) is 0 Å². The molecule has 0 saturated carbocycles. The molecule has 0 bridgehead atoms. The lowest BCUT2D eigenvalue weighted by molar-refractivity contribution is 0.0916. The maximum absolute atomic E-state index is 11.9. The van der Waals surface area contributed by atoms with E-state index in [4.69, 9.17) is 11.6 Å². The minimum absolute atomic E-state index is 0.167. The molecule has 0 aliphatic carbocycles. The third kappa shape index (κ3) is 4.49. The first-order valence-electron chi connectivity index (χ1n) is 6.46. The SMILES string of the molecule is CSc1ccc(C(O)CNC(=O)c2ccc(Cl)cc2)cc1. The van der Waals surface area contributed by atoms with Crippen LogP contribution >= 0.6 is 23.4 Å². The van der Waals surface area contributed by atoms with Crippen molar-refractivity contribution in [1.29, 1.82) is 0 Å². The Morgan fingerprint density at radius 1 is 1.19 bits per heavy atom. The molecule has 0 heterocycles. The van der Waals surface area contributed by atoms with E-state index >= 15 is 0 Å². The number of nitrogens with one attached hydrogen (secondary N) is 1. The van der Waals surface area contributed by atoms with Crippen molar-refractivity contribution in [2.75, 3.05) is 12.8 Å². The van der Waals surface area contributed by atoms with E-state index in [9.17, 15) is 9.90 Å². The van der Waals surface area contributed by atoms with Crippen molar-refractivity contribution in [1.82, 2.24) is 5.32 Å². The number of aliphatic hydroxyl groups excluding tert-OH is 1. The number of aliphatic hydroxyl groups is 1. The molecule has 2 aromatic carbocycles. The van der Waals surface area contributed by atoms with E-state index in [-0.39, 0.29) is 12.5 Å². The maximum Gasteiger partial charge on any atom is 0.251 e. The number of halogens is 1. The summed E-state index contributed by atoms with van der Waals surface area (Å²) in [5, 5.41) is 13.4. The van der Waals surface area contributed by atoms with E-state index < -0.39 is 6.10 Å². The first-order valence-corrected chi connectivity index (χ1v) is 8.06. The van der Waals surface area contributed by atoms with Gasteiger partial charge >= 0.3 is 0 Å². The summed E-state index contributed by atoms with van der Waals surface area (Å²) in [5.74, 6) is -0.230. The number of benzene rings is 2. The van der Waals surface area contributed by atoms with Gasteiger partial charge in [0, 0.05) is 22.0 Å². The van der Waals surface area contributed by atoms with Gasteiger partial charge in [-0.25, -0.2) is 0 Å². The van der Waals surface area contributed by atoms with Crippen molar-refractivity contribution >= 4 is 29.3 Å². The molecule has 0 spiro atoms. The molecule has 0 aliphatic rings. The number of thioether (sulfide) groups is 1. The van der Waals surface area contributed by atoms with Gasteiger partial charge in [0.25, 0.3) is 5.91 Å². The average molecular weight is 322 g/mol. The molecule has 1 unspecified atom stereocenters. The first-order chi connectivity index (χ1) is 10.1. The van der Waals surface area contributed by atoms with Crippen LogP contribution < -0.4 is 5.32 Å². The van der Waals surface area contributed by atoms with Gasteiger partial charge in [-0.15, -0.1) is 11.8 Å². The summed E-state index contributed by atoms with van der Waals surface area (Å²) in [5.41, 5.74) is 1.30. The lowest BCUT2D eigenvalue weighted by atomic mass is 10.1. The number of rotatable bonds is 5. The van der Waals surface area contributed by atoms with Gasteiger partial charge < -0.3 is 10.4 Å². The predicted octanol–water partition coefficient (Wildman–Crippen LogP) is 3.53. The topological polar surface area (TPSA) is 49.3 Å². The zero-order valence-corrected chi connectivity index (χ0v) is 13.1. The normalized spacial score (nSPS) is 12.0. The molecule has 0 radical (unpaired) electrons. The monoisotopic (exact) mass is 321 g/mol. The van der Waals surface area contributed by atoms with Crippen LogP contribution in [0.25, 0.3) is 0 Å². The average Bonchev–Trinajstić information content (AvgIpc) is 2.53. The van der Waals surface area contributed by atoms with Crippen molar-refractivity contribution in [3.05, 3.63) is 64.7 Å². The molecular formula is C16H16ClNO2S. The standard InChI is InChI=1S/C16H16ClNO2S/c1-21-14-8-4-11(5-9-14)15(19)10-18-16(20)12-2-6-13(17)7-3-12/h2-9,15,19H,10H2,1H3,(H,18,20). The molecule has 2 aromatic rings. The van der Waals surface area contributed by atoms with Crippen LogP contribution in [0, 0.1) is 0 Å². The smallest absolute Gasteiger partial charge is 0.251 e. The summed E-state index contributed by atoms with van der Waals surface area (Å²) in [6.45, 7) is 0.167. The lowest BCUT2D eigenvalue weighted by Gasteiger charge is -2.12. The third-order valence-corrected chi connectivity index (χ3v) is 4.06. The highest BCUT2D eigenvalue weighted by Gasteiger charge is 2.10. The zero-order valence-electron chi connectivity index (χ0n) is 11.5. The number of hydrogen-bond donors (Lipinski definition) is 2. The Balaban J connectivity index is 1.92. The Hall–Kier alpha value is -1.49. The quantitative estimate of drug-likeness (QED) is 0.828. The van der Waals surface area contributed by atoms with Gasteiger partial charge in [0.15, 0.2) is 0 Å². The number of carbonyl (C=O) groups is 1. The van der Waals surface area contributed by atoms with Crippen LogP contribution in [0.3, 0.4) is 0 Å². The van der Waals surface area contributed by atoms with Crippen molar-refractivity contribution in [2.24, 2.45) is 0 Å². The summed E-state index contributed by atoms with van der Waals surface area (Å²) in [7, 11) is 0.